The van der Waals surface area contributed by atoms with Crippen molar-refractivity contribution < 1.29 is 9.90 Å². The average Bonchev–Trinajstić information content (AvgIpc) is 2.24. The smallest absolute Gasteiger partial charge is 0.303 e. The lowest BCUT2D eigenvalue weighted by molar-refractivity contribution is -0.137. The van der Waals surface area contributed by atoms with Gasteiger partial charge in [0.1, 0.15) is 0 Å². The van der Waals surface area contributed by atoms with E-state index in [2.05, 4.69) is 24.3 Å². The van der Waals surface area contributed by atoms with E-state index in [9.17, 15) is 4.79 Å². The molecule has 3 heteroatoms. The summed E-state index contributed by atoms with van der Waals surface area (Å²) in [5, 5.41) is 9.85. The van der Waals surface area contributed by atoms with Crippen LogP contribution in [-0.4, -0.2) is 17.2 Å². The molecule has 0 aliphatic rings. The predicted octanol–water partition coefficient (Wildman–Crippen LogP) is 2.64. The molecule has 0 saturated carbocycles. The van der Waals surface area contributed by atoms with Crippen LogP contribution in [-0.2, 0) is 4.79 Å². The normalized spacial score (nSPS) is 10.9. The molecule has 0 saturated heterocycles. The molecular formula is C12H17O2P. The first-order valence-corrected chi connectivity index (χ1v) is 6.50. The van der Waals surface area contributed by atoms with Crippen molar-refractivity contribution in [2.75, 3.05) is 6.16 Å². The largest absolute Gasteiger partial charge is 0.481 e. The molecule has 2 nitrogen and oxygen atoms in total. The maximum Gasteiger partial charge on any atom is 0.303 e. The molecule has 0 amide bonds. The summed E-state index contributed by atoms with van der Waals surface area (Å²) in [4.78, 5) is 10.3. The lowest BCUT2D eigenvalue weighted by Crippen LogP contribution is -1.95. The molecule has 0 heterocycles. The van der Waals surface area contributed by atoms with Crippen LogP contribution in [0.1, 0.15) is 25.7 Å². The first-order chi connectivity index (χ1) is 7.29. The van der Waals surface area contributed by atoms with Gasteiger partial charge >= 0.3 is 5.97 Å². The first kappa shape index (κ1) is 12.2. The Morgan fingerprint density at radius 2 is 1.87 bits per heavy atom. The number of hydrogen-bond donors (Lipinski definition) is 1. The molecule has 15 heavy (non-hydrogen) atoms. The van der Waals surface area contributed by atoms with Crippen LogP contribution in [0.25, 0.3) is 0 Å². The third kappa shape index (κ3) is 6.24. The second kappa shape index (κ2) is 7.42. The average molecular weight is 224 g/mol. The molecule has 0 bridgehead atoms. The van der Waals surface area contributed by atoms with Gasteiger partial charge in [-0.25, -0.2) is 0 Å². The van der Waals surface area contributed by atoms with Crippen LogP contribution >= 0.6 is 8.58 Å². The monoisotopic (exact) mass is 224 g/mol. The Morgan fingerprint density at radius 3 is 2.53 bits per heavy atom. The maximum absolute atomic E-state index is 10.3. The Kier molecular flexibility index (Phi) is 6.03. The molecule has 1 aromatic carbocycles. The van der Waals surface area contributed by atoms with Crippen LogP contribution in [0.3, 0.4) is 0 Å². The highest BCUT2D eigenvalue weighted by Gasteiger charge is 1.96. The van der Waals surface area contributed by atoms with Gasteiger partial charge in [0.2, 0.25) is 0 Å². The van der Waals surface area contributed by atoms with Gasteiger partial charge in [-0.2, -0.15) is 0 Å². The molecule has 1 rings (SSSR count). The van der Waals surface area contributed by atoms with Gasteiger partial charge in [0, 0.05) is 6.42 Å². The number of benzene rings is 1. The van der Waals surface area contributed by atoms with Crippen molar-refractivity contribution in [2.24, 2.45) is 0 Å². The summed E-state index contributed by atoms with van der Waals surface area (Å²) in [7, 11) is 0.863. The van der Waals surface area contributed by atoms with Gasteiger partial charge in [0.25, 0.3) is 0 Å². The summed E-state index contributed by atoms with van der Waals surface area (Å²) >= 11 is 0. The summed E-state index contributed by atoms with van der Waals surface area (Å²) in [6.45, 7) is 0. The topological polar surface area (TPSA) is 37.3 Å². The Bertz CT molecular complexity index is 285. The van der Waals surface area contributed by atoms with E-state index < -0.39 is 5.97 Å². The van der Waals surface area contributed by atoms with Crippen molar-refractivity contribution in [2.45, 2.75) is 25.7 Å². The van der Waals surface area contributed by atoms with Gasteiger partial charge in [-0.3, -0.25) is 4.79 Å². The zero-order chi connectivity index (χ0) is 10.9. The molecule has 1 atom stereocenters. The molecule has 1 N–H and O–H groups in total. The number of carbonyl (C=O) groups is 1. The summed E-state index contributed by atoms with van der Waals surface area (Å²) in [5.74, 6) is -0.680. The molecule has 1 aromatic rings. The fourth-order valence-corrected chi connectivity index (χ4v) is 2.51. The highest BCUT2D eigenvalue weighted by atomic mass is 31.1. The van der Waals surface area contributed by atoms with E-state index in [0.29, 0.717) is 6.42 Å². The lowest BCUT2D eigenvalue weighted by Gasteiger charge is -2.01. The molecule has 0 aromatic heterocycles. The summed E-state index contributed by atoms with van der Waals surface area (Å²) < 4.78 is 0. The van der Waals surface area contributed by atoms with Gasteiger partial charge in [0.05, 0.1) is 0 Å². The third-order valence-electron chi connectivity index (χ3n) is 2.17. The number of aliphatic carboxylic acids is 1. The highest BCUT2D eigenvalue weighted by molar-refractivity contribution is 7.47. The fourth-order valence-electron chi connectivity index (χ4n) is 1.37. The van der Waals surface area contributed by atoms with Crippen molar-refractivity contribution in [1.29, 1.82) is 0 Å². The standard InChI is InChI=1S/C12H17O2P/c13-12(14)9-5-2-6-10-15-11-7-3-1-4-8-11/h1,3-4,7-8,15H,2,5-6,9-10H2,(H,13,14). The van der Waals surface area contributed by atoms with Gasteiger partial charge in [0.15, 0.2) is 0 Å². The summed E-state index contributed by atoms with van der Waals surface area (Å²) in [6, 6.07) is 10.5. The van der Waals surface area contributed by atoms with Crippen LogP contribution in [0.5, 0.6) is 0 Å². The van der Waals surface area contributed by atoms with E-state index in [1.807, 2.05) is 6.07 Å². The maximum atomic E-state index is 10.3. The minimum Gasteiger partial charge on any atom is -0.481 e. The Balaban J connectivity index is 2.00. The predicted molar refractivity (Wildman–Crippen MR) is 65.4 cm³/mol. The number of hydrogen-bond acceptors (Lipinski definition) is 1. The van der Waals surface area contributed by atoms with Crippen molar-refractivity contribution >= 4 is 19.9 Å². The second-order valence-electron chi connectivity index (χ2n) is 3.50. The lowest BCUT2D eigenvalue weighted by atomic mass is 10.2. The number of carboxylic acids is 1. The second-order valence-corrected chi connectivity index (χ2v) is 4.93. The van der Waals surface area contributed by atoms with Crippen molar-refractivity contribution in [3.8, 4) is 0 Å². The highest BCUT2D eigenvalue weighted by Crippen LogP contribution is 2.13. The van der Waals surface area contributed by atoms with Crippen molar-refractivity contribution in [3.05, 3.63) is 30.3 Å². The molecule has 0 aliphatic heterocycles. The summed E-state index contributed by atoms with van der Waals surface area (Å²) in [5.41, 5.74) is 0. The molecule has 0 radical (unpaired) electrons. The van der Waals surface area contributed by atoms with E-state index in [4.69, 9.17) is 5.11 Å². The molecule has 0 aliphatic carbocycles. The molecule has 0 spiro atoms. The quantitative estimate of drug-likeness (QED) is 0.571. The first-order valence-electron chi connectivity index (χ1n) is 5.30. The van der Waals surface area contributed by atoms with Crippen molar-refractivity contribution in [3.63, 3.8) is 0 Å². The number of rotatable bonds is 7. The van der Waals surface area contributed by atoms with E-state index in [1.165, 1.54) is 11.5 Å². The van der Waals surface area contributed by atoms with Crippen LogP contribution in [0.4, 0.5) is 0 Å². The van der Waals surface area contributed by atoms with Crippen LogP contribution in [0.15, 0.2) is 30.3 Å². The molecule has 1 unspecified atom stereocenters. The van der Waals surface area contributed by atoms with Gasteiger partial charge in [-0.15, -0.1) is 0 Å². The third-order valence-corrected chi connectivity index (χ3v) is 3.52. The van der Waals surface area contributed by atoms with Gasteiger partial charge < -0.3 is 5.11 Å². The Hall–Kier alpha value is -0.880. The SMILES string of the molecule is O=C(O)CCCCCPc1ccccc1. The molecular weight excluding hydrogens is 207 g/mol. The number of carboxylic acid groups (broad SMARTS) is 1. The van der Waals surface area contributed by atoms with E-state index >= 15 is 0 Å². The zero-order valence-corrected chi connectivity index (χ0v) is 9.78. The van der Waals surface area contributed by atoms with Crippen LogP contribution in [0.2, 0.25) is 0 Å². The summed E-state index contributed by atoms with van der Waals surface area (Å²) in [6.07, 6.45) is 4.49. The van der Waals surface area contributed by atoms with Crippen molar-refractivity contribution in [1.82, 2.24) is 0 Å². The van der Waals surface area contributed by atoms with E-state index in [1.54, 1.807) is 0 Å². The minimum atomic E-state index is -0.680. The molecule has 0 fully saturated rings. The van der Waals surface area contributed by atoms with Gasteiger partial charge in [-0.05, 0) is 24.3 Å². The zero-order valence-electron chi connectivity index (χ0n) is 8.78. The van der Waals surface area contributed by atoms with Crippen LogP contribution in [0, 0.1) is 0 Å². The van der Waals surface area contributed by atoms with Gasteiger partial charge in [-0.1, -0.05) is 45.3 Å². The fraction of sp³-hybridized carbons (Fsp3) is 0.417. The molecule has 82 valence electrons. The Labute approximate surface area is 92.5 Å². The van der Waals surface area contributed by atoms with E-state index in [0.717, 1.165) is 27.8 Å². The Morgan fingerprint density at radius 1 is 1.13 bits per heavy atom. The minimum absolute atomic E-state index is 0.314. The number of unbranched alkanes of at least 4 members (excludes halogenated alkanes) is 2. The van der Waals surface area contributed by atoms with E-state index in [-0.39, 0.29) is 0 Å². The van der Waals surface area contributed by atoms with Crippen LogP contribution < -0.4 is 5.30 Å².